The highest BCUT2D eigenvalue weighted by Crippen LogP contribution is 2.30. The Morgan fingerprint density at radius 3 is 2.41 bits per heavy atom. The lowest BCUT2D eigenvalue weighted by molar-refractivity contribution is 0.435. The molecule has 2 aromatic carbocycles. The maximum atomic E-state index is 13.3. The van der Waals surface area contributed by atoms with E-state index in [0.717, 1.165) is 24.3 Å². The van der Waals surface area contributed by atoms with E-state index in [1.165, 1.54) is 12.1 Å². The molecule has 88 valence electrons. The Hall–Kier alpha value is -2.17. The first-order chi connectivity index (χ1) is 8.08. The zero-order chi connectivity index (χ0) is 12.4. The second-order valence-electron chi connectivity index (χ2n) is 3.33. The van der Waals surface area contributed by atoms with Gasteiger partial charge in [0.25, 0.3) is 0 Å². The standard InChI is InChI=1S/C12H8F3NO/c13-7-4-5-8(14)11(6-7)17-10-3-1-2-9(15)12(10)16/h1-6H,16H2. The van der Waals surface area contributed by atoms with Gasteiger partial charge in [0.1, 0.15) is 17.3 Å². The molecule has 2 aromatic rings. The van der Waals surface area contributed by atoms with Crippen molar-refractivity contribution in [1.82, 2.24) is 0 Å². The lowest BCUT2D eigenvalue weighted by atomic mass is 10.2. The van der Waals surface area contributed by atoms with Gasteiger partial charge < -0.3 is 10.5 Å². The van der Waals surface area contributed by atoms with Gasteiger partial charge in [-0.3, -0.25) is 0 Å². The molecule has 0 saturated heterocycles. The van der Waals surface area contributed by atoms with Crippen LogP contribution in [0.5, 0.6) is 11.5 Å². The van der Waals surface area contributed by atoms with Crippen LogP contribution in [0.3, 0.4) is 0 Å². The SMILES string of the molecule is Nc1c(F)cccc1Oc1cc(F)ccc1F. The summed E-state index contributed by atoms with van der Waals surface area (Å²) in [7, 11) is 0. The van der Waals surface area contributed by atoms with Gasteiger partial charge in [-0.05, 0) is 24.3 Å². The molecular formula is C12H8F3NO. The van der Waals surface area contributed by atoms with Crippen LogP contribution >= 0.6 is 0 Å². The second kappa shape index (κ2) is 4.37. The Kier molecular flexibility index (Phi) is 2.91. The third kappa shape index (κ3) is 2.33. The van der Waals surface area contributed by atoms with Gasteiger partial charge in [-0.15, -0.1) is 0 Å². The average molecular weight is 239 g/mol. The van der Waals surface area contributed by atoms with Gasteiger partial charge >= 0.3 is 0 Å². The third-order valence-corrected chi connectivity index (χ3v) is 2.13. The van der Waals surface area contributed by atoms with E-state index in [9.17, 15) is 13.2 Å². The number of rotatable bonds is 2. The van der Waals surface area contributed by atoms with Crippen molar-refractivity contribution in [3.63, 3.8) is 0 Å². The van der Waals surface area contributed by atoms with Crippen LogP contribution in [-0.4, -0.2) is 0 Å². The maximum Gasteiger partial charge on any atom is 0.166 e. The highest BCUT2D eigenvalue weighted by Gasteiger charge is 2.10. The minimum Gasteiger partial charge on any atom is -0.452 e. The fraction of sp³-hybridized carbons (Fsp3) is 0. The van der Waals surface area contributed by atoms with Crippen molar-refractivity contribution in [2.24, 2.45) is 0 Å². The number of hydrogen-bond acceptors (Lipinski definition) is 2. The first-order valence-corrected chi connectivity index (χ1v) is 4.75. The fourth-order valence-electron chi connectivity index (χ4n) is 1.28. The average Bonchev–Trinajstić information content (AvgIpc) is 2.30. The molecule has 0 spiro atoms. The van der Waals surface area contributed by atoms with E-state index in [-0.39, 0.29) is 17.2 Å². The molecule has 0 atom stereocenters. The number of nitrogen functional groups attached to an aromatic ring is 1. The Labute approximate surface area is 95.4 Å². The van der Waals surface area contributed by atoms with E-state index in [1.54, 1.807) is 0 Å². The highest BCUT2D eigenvalue weighted by molar-refractivity contribution is 5.54. The number of anilines is 1. The molecule has 0 radical (unpaired) electrons. The number of hydrogen-bond donors (Lipinski definition) is 1. The quantitative estimate of drug-likeness (QED) is 0.814. The number of benzene rings is 2. The van der Waals surface area contributed by atoms with E-state index < -0.39 is 17.5 Å². The van der Waals surface area contributed by atoms with Crippen LogP contribution in [0.1, 0.15) is 0 Å². The molecule has 0 aliphatic carbocycles. The molecule has 0 aliphatic heterocycles. The largest absolute Gasteiger partial charge is 0.452 e. The van der Waals surface area contributed by atoms with Crippen LogP contribution in [0.25, 0.3) is 0 Å². The molecular weight excluding hydrogens is 231 g/mol. The molecule has 2 N–H and O–H groups in total. The molecule has 0 saturated carbocycles. The molecule has 0 aromatic heterocycles. The van der Waals surface area contributed by atoms with Gasteiger partial charge in [0.15, 0.2) is 17.3 Å². The summed E-state index contributed by atoms with van der Waals surface area (Å²) >= 11 is 0. The van der Waals surface area contributed by atoms with Crippen molar-refractivity contribution in [3.8, 4) is 11.5 Å². The second-order valence-corrected chi connectivity index (χ2v) is 3.33. The van der Waals surface area contributed by atoms with Crippen LogP contribution in [0.2, 0.25) is 0 Å². The third-order valence-electron chi connectivity index (χ3n) is 2.13. The summed E-state index contributed by atoms with van der Waals surface area (Å²) in [5, 5.41) is 0. The molecule has 0 heterocycles. The maximum absolute atomic E-state index is 13.3. The van der Waals surface area contributed by atoms with E-state index >= 15 is 0 Å². The number of ether oxygens (including phenoxy) is 1. The first kappa shape index (κ1) is 11.3. The first-order valence-electron chi connectivity index (χ1n) is 4.75. The summed E-state index contributed by atoms with van der Waals surface area (Å²) in [6.07, 6.45) is 0. The minimum atomic E-state index is -0.755. The van der Waals surface area contributed by atoms with Crippen LogP contribution in [0.4, 0.5) is 18.9 Å². The van der Waals surface area contributed by atoms with Gasteiger partial charge in [-0.25, -0.2) is 13.2 Å². The molecule has 0 fully saturated rings. The molecule has 0 unspecified atom stereocenters. The topological polar surface area (TPSA) is 35.2 Å². The van der Waals surface area contributed by atoms with E-state index in [1.807, 2.05) is 0 Å². The summed E-state index contributed by atoms with van der Waals surface area (Å²) < 4.78 is 44.2. The highest BCUT2D eigenvalue weighted by atomic mass is 19.1. The Morgan fingerprint density at radius 1 is 0.882 bits per heavy atom. The van der Waals surface area contributed by atoms with Crippen molar-refractivity contribution in [3.05, 3.63) is 53.8 Å². The van der Waals surface area contributed by atoms with E-state index in [4.69, 9.17) is 10.5 Å². The van der Waals surface area contributed by atoms with Crippen LogP contribution < -0.4 is 10.5 Å². The van der Waals surface area contributed by atoms with Crippen LogP contribution in [0.15, 0.2) is 36.4 Å². The molecule has 17 heavy (non-hydrogen) atoms. The Balaban J connectivity index is 2.38. The van der Waals surface area contributed by atoms with Gasteiger partial charge in [0.2, 0.25) is 0 Å². The minimum absolute atomic E-state index is 0.0606. The Bertz CT molecular complexity index is 557. The number of halogens is 3. The van der Waals surface area contributed by atoms with Crippen molar-refractivity contribution < 1.29 is 17.9 Å². The monoisotopic (exact) mass is 239 g/mol. The summed E-state index contributed by atoms with van der Waals surface area (Å²) in [6, 6.07) is 6.60. The molecule has 2 nitrogen and oxygen atoms in total. The van der Waals surface area contributed by atoms with Crippen molar-refractivity contribution in [1.29, 1.82) is 0 Å². The lowest BCUT2D eigenvalue weighted by Gasteiger charge is -2.09. The van der Waals surface area contributed by atoms with Gasteiger partial charge in [0, 0.05) is 6.07 Å². The van der Waals surface area contributed by atoms with E-state index in [2.05, 4.69) is 0 Å². The van der Waals surface area contributed by atoms with Crippen LogP contribution in [-0.2, 0) is 0 Å². The molecule has 2 rings (SSSR count). The summed E-state index contributed by atoms with van der Waals surface area (Å²) in [5.74, 6) is -2.50. The molecule has 0 aliphatic rings. The lowest BCUT2D eigenvalue weighted by Crippen LogP contribution is -1.96. The van der Waals surface area contributed by atoms with E-state index in [0.29, 0.717) is 0 Å². The molecule has 0 amide bonds. The van der Waals surface area contributed by atoms with Crippen molar-refractivity contribution in [2.75, 3.05) is 5.73 Å². The predicted molar refractivity (Wildman–Crippen MR) is 57.2 cm³/mol. The zero-order valence-electron chi connectivity index (χ0n) is 8.58. The zero-order valence-corrected chi connectivity index (χ0v) is 8.58. The summed E-state index contributed by atoms with van der Waals surface area (Å²) in [6.45, 7) is 0. The van der Waals surface area contributed by atoms with Crippen molar-refractivity contribution in [2.45, 2.75) is 0 Å². The van der Waals surface area contributed by atoms with Crippen molar-refractivity contribution >= 4 is 5.69 Å². The summed E-state index contributed by atoms with van der Waals surface area (Å²) in [4.78, 5) is 0. The Morgan fingerprint density at radius 2 is 1.65 bits per heavy atom. The fourth-order valence-corrected chi connectivity index (χ4v) is 1.28. The smallest absolute Gasteiger partial charge is 0.166 e. The number of nitrogens with two attached hydrogens (primary N) is 1. The number of para-hydroxylation sites is 1. The summed E-state index contributed by atoms with van der Waals surface area (Å²) in [5.41, 5.74) is 5.15. The van der Waals surface area contributed by atoms with Gasteiger partial charge in [-0.2, -0.15) is 0 Å². The normalized spacial score (nSPS) is 10.3. The van der Waals surface area contributed by atoms with Crippen LogP contribution in [0, 0.1) is 17.5 Å². The van der Waals surface area contributed by atoms with Gasteiger partial charge in [0.05, 0.1) is 0 Å². The molecule has 5 heteroatoms. The van der Waals surface area contributed by atoms with Gasteiger partial charge in [-0.1, -0.05) is 6.07 Å². The molecule has 0 bridgehead atoms. The predicted octanol–water partition coefficient (Wildman–Crippen LogP) is 3.48.